The molecule has 1 saturated heterocycles. The average Bonchev–Trinajstić information content (AvgIpc) is 2.22. The number of hydrogen-bond acceptors (Lipinski definition) is 2. The normalized spacial score (nSPS) is 21.8. The first-order valence-electron chi connectivity index (χ1n) is 5.67. The summed E-state index contributed by atoms with van der Waals surface area (Å²) in [5, 5.41) is 9.66. The van der Waals surface area contributed by atoms with Crippen LogP contribution in [-0.2, 0) is 0 Å². The lowest BCUT2D eigenvalue weighted by Gasteiger charge is -2.33. The van der Waals surface area contributed by atoms with E-state index in [1.807, 2.05) is 0 Å². The number of aliphatic hydroxyl groups excluding tert-OH is 1. The third kappa shape index (κ3) is 2.15. The van der Waals surface area contributed by atoms with Crippen molar-refractivity contribution in [1.82, 2.24) is 0 Å². The average molecular weight is 205 g/mol. The molecule has 0 bridgehead atoms. The lowest BCUT2D eigenvalue weighted by molar-refractivity contribution is 0.154. The first-order chi connectivity index (χ1) is 7.18. The minimum Gasteiger partial charge on any atom is -0.391 e. The van der Waals surface area contributed by atoms with Crippen molar-refractivity contribution >= 4 is 5.69 Å². The predicted molar refractivity (Wildman–Crippen MR) is 63.4 cm³/mol. The zero-order valence-corrected chi connectivity index (χ0v) is 9.53. The second-order valence-corrected chi connectivity index (χ2v) is 4.46. The number of β-amino-alcohol motifs (C(OH)–C–C–N with tert-alkyl or cyclic N) is 1. The van der Waals surface area contributed by atoms with E-state index in [1.54, 1.807) is 0 Å². The second-order valence-electron chi connectivity index (χ2n) is 4.46. The number of aliphatic hydroxyl groups is 1. The first-order valence-corrected chi connectivity index (χ1v) is 5.67. The fraction of sp³-hybridized carbons (Fsp3) is 0.538. The van der Waals surface area contributed by atoms with Gasteiger partial charge in [-0.25, -0.2) is 0 Å². The van der Waals surface area contributed by atoms with Gasteiger partial charge in [0.15, 0.2) is 0 Å². The molecule has 1 unspecified atom stereocenters. The van der Waals surface area contributed by atoms with Gasteiger partial charge >= 0.3 is 0 Å². The molecule has 0 amide bonds. The molecule has 1 aromatic rings. The Hall–Kier alpha value is -1.02. The Balaban J connectivity index is 2.24. The van der Waals surface area contributed by atoms with Crippen molar-refractivity contribution in [3.05, 3.63) is 29.3 Å². The molecule has 0 aliphatic carbocycles. The maximum atomic E-state index is 9.66. The van der Waals surface area contributed by atoms with Crippen LogP contribution in [-0.4, -0.2) is 24.3 Å². The highest BCUT2D eigenvalue weighted by Gasteiger charge is 2.19. The van der Waals surface area contributed by atoms with Gasteiger partial charge in [0.05, 0.1) is 6.10 Å². The molecular formula is C13H19NO. The van der Waals surface area contributed by atoms with Crippen molar-refractivity contribution in [2.24, 2.45) is 0 Å². The van der Waals surface area contributed by atoms with Crippen LogP contribution >= 0.6 is 0 Å². The Bertz CT molecular complexity index is 348. The van der Waals surface area contributed by atoms with Crippen molar-refractivity contribution in [2.45, 2.75) is 32.8 Å². The van der Waals surface area contributed by atoms with Crippen LogP contribution in [0.25, 0.3) is 0 Å². The summed E-state index contributed by atoms with van der Waals surface area (Å²) in [6, 6.07) is 6.39. The highest BCUT2D eigenvalue weighted by molar-refractivity contribution is 5.56. The van der Waals surface area contributed by atoms with Crippen LogP contribution in [0.2, 0.25) is 0 Å². The Labute approximate surface area is 91.5 Å². The molecule has 1 aromatic carbocycles. The largest absolute Gasteiger partial charge is 0.391 e. The fourth-order valence-electron chi connectivity index (χ4n) is 2.25. The predicted octanol–water partition coefficient (Wildman–Crippen LogP) is 2.26. The van der Waals surface area contributed by atoms with Crippen LogP contribution < -0.4 is 4.90 Å². The highest BCUT2D eigenvalue weighted by atomic mass is 16.3. The topological polar surface area (TPSA) is 23.5 Å². The maximum Gasteiger partial charge on any atom is 0.0715 e. The molecule has 1 aliphatic rings. The van der Waals surface area contributed by atoms with Gasteiger partial charge in [-0.05, 0) is 43.9 Å². The zero-order chi connectivity index (χ0) is 10.8. The molecule has 15 heavy (non-hydrogen) atoms. The van der Waals surface area contributed by atoms with Crippen molar-refractivity contribution in [1.29, 1.82) is 0 Å². The molecule has 2 nitrogen and oxygen atoms in total. The summed E-state index contributed by atoms with van der Waals surface area (Å²) in [5.74, 6) is 0. The van der Waals surface area contributed by atoms with Crippen molar-refractivity contribution in [2.75, 3.05) is 18.0 Å². The van der Waals surface area contributed by atoms with Gasteiger partial charge in [-0.1, -0.05) is 12.1 Å². The zero-order valence-electron chi connectivity index (χ0n) is 9.53. The van der Waals surface area contributed by atoms with E-state index >= 15 is 0 Å². The molecule has 0 aromatic heterocycles. The van der Waals surface area contributed by atoms with E-state index in [9.17, 15) is 5.11 Å². The molecular weight excluding hydrogens is 186 g/mol. The van der Waals surface area contributed by atoms with Gasteiger partial charge in [0.1, 0.15) is 0 Å². The lowest BCUT2D eigenvalue weighted by Crippen LogP contribution is -2.38. The smallest absolute Gasteiger partial charge is 0.0715 e. The standard InChI is InChI=1S/C13H19NO/c1-10-5-3-7-13(11(10)2)14-8-4-6-12(15)9-14/h3,5,7,12,15H,4,6,8-9H2,1-2H3. The highest BCUT2D eigenvalue weighted by Crippen LogP contribution is 2.25. The molecule has 2 heteroatoms. The van der Waals surface area contributed by atoms with Crippen molar-refractivity contribution in [3.63, 3.8) is 0 Å². The van der Waals surface area contributed by atoms with Crippen LogP contribution in [0.5, 0.6) is 0 Å². The number of piperidine rings is 1. The molecule has 82 valence electrons. The van der Waals surface area contributed by atoms with E-state index in [0.717, 1.165) is 25.9 Å². The molecule has 1 atom stereocenters. The van der Waals surface area contributed by atoms with Crippen LogP contribution in [0.1, 0.15) is 24.0 Å². The minimum atomic E-state index is -0.154. The fourth-order valence-corrected chi connectivity index (χ4v) is 2.25. The van der Waals surface area contributed by atoms with E-state index in [2.05, 4.69) is 36.9 Å². The molecule has 0 radical (unpaired) electrons. The second kappa shape index (κ2) is 4.23. The van der Waals surface area contributed by atoms with E-state index in [1.165, 1.54) is 16.8 Å². The van der Waals surface area contributed by atoms with E-state index in [4.69, 9.17) is 0 Å². The van der Waals surface area contributed by atoms with E-state index in [-0.39, 0.29) is 6.10 Å². The number of anilines is 1. The van der Waals surface area contributed by atoms with Gasteiger partial charge in [0, 0.05) is 18.8 Å². The van der Waals surface area contributed by atoms with Gasteiger partial charge in [-0.3, -0.25) is 0 Å². The summed E-state index contributed by atoms with van der Waals surface area (Å²) in [7, 11) is 0. The lowest BCUT2D eigenvalue weighted by atomic mass is 10.0. The van der Waals surface area contributed by atoms with Gasteiger partial charge < -0.3 is 10.0 Å². The molecule has 1 heterocycles. The monoisotopic (exact) mass is 205 g/mol. The Kier molecular flexibility index (Phi) is 2.96. The number of benzene rings is 1. The molecule has 1 fully saturated rings. The van der Waals surface area contributed by atoms with Gasteiger partial charge in [0.2, 0.25) is 0 Å². The Morgan fingerprint density at radius 1 is 1.33 bits per heavy atom. The summed E-state index contributed by atoms with van der Waals surface area (Å²) < 4.78 is 0. The third-order valence-electron chi connectivity index (χ3n) is 3.31. The quantitative estimate of drug-likeness (QED) is 0.760. The summed E-state index contributed by atoms with van der Waals surface area (Å²) in [5.41, 5.74) is 3.95. The maximum absolute atomic E-state index is 9.66. The number of rotatable bonds is 1. The minimum absolute atomic E-state index is 0.154. The van der Waals surface area contributed by atoms with Crippen LogP contribution in [0, 0.1) is 13.8 Å². The molecule has 2 rings (SSSR count). The van der Waals surface area contributed by atoms with Crippen LogP contribution in [0.3, 0.4) is 0 Å². The molecule has 1 aliphatic heterocycles. The molecule has 0 saturated carbocycles. The summed E-state index contributed by atoms with van der Waals surface area (Å²) >= 11 is 0. The summed E-state index contributed by atoms with van der Waals surface area (Å²) in [4.78, 5) is 2.30. The number of hydrogen-bond donors (Lipinski definition) is 1. The third-order valence-corrected chi connectivity index (χ3v) is 3.31. The number of aryl methyl sites for hydroxylation is 1. The van der Waals surface area contributed by atoms with Crippen molar-refractivity contribution in [3.8, 4) is 0 Å². The number of nitrogens with zero attached hydrogens (tertiary/aromatic N) is 1. The van der Waals surface area contributed by atoms with Crippen molar-refractivity contribution < 1.29 is 5.11 Å². The van der Waals surface area contributed by atoms with Crippen LogP contribution in [0.15, 0.2) is 18.2 Å². The Morgan fingerprint density at radius 2 is 2.13 bits per heavy atom. The summed E-state index contributed by atoms with van der Waals surface area (Å²) in [6.45, 7) is 6.15. The first kappa shape index (κ1) is 10.5. The molecule has 1 N–H and O–H groups in total. The molecule has 0 spiro atoms. The van der Waals surface area contributed by atoms with E-state index in [0.29, 0.717) is 0 Å². The van der Waals surface area contributed by atoms with E-state index < -0.39 is 0 Å². The van der Waals surface area contributed by atoms with Gasteiger partial charge in [-0.15, -0.1) is 0 Å². The Morgan fingerprint density at radius 3 is 2.87 bits per heavy atom. The van der Waals surface area contributed by atoms with Crippen LogP contribution in [0.4, 0.5) is 5.69 Å². The summed E-state index contributed by atoms with van der Waals surface area (Å²) in [6.07, 6.45) is 1.88. The SMILES string of the molecule is Cc1cccc(N2CCCC(O)C2)c1C. The van der Waals surface area contributed by atoms with Gasteiger partial charge in [0.25, 0.3) is 0 Å². The van der Waals surface area contributed by atoms with Gasteiger partial charge in [-0.2, -0.15) is 0 Å².